The van der Waals surface area contributed by atoms with Crippen LogP contribution in [0.1, 0.15) is 0 Å². The molecular formula is C4H4N2O2S. The third kappa shape index (κ3) is 1.17. The maximum Gasteiger partial charge on any atom is 0.300 e. The second-order valence-electron chi connectivity index (χ2n) is 1.46. The minimum Gasteiger partial charge on any atom is -0.410 e. The van der Waals surface area contributed by atoms with Crippen molar-refractivity contribution in [2.45, 2.75) is 0 Å². The van der Waals surface area contributed by atoms with E-state index in [2.05, 4.69) is 17.3 Å². The summed E-state index contributed by atoms with van der Waals surface area (Å²) >= 11 is 4.58. The van der Waals surface area contributed by atoms with E-state index in [0.29, 0.717) is 9.49 Å². The molecule has 0 unspecified atom stereocenters. The molecule has 0 bridgehead atoms. The number of hydrogen-bond donors (Lipinski definition) is 2. The van der Waals surface area contributed by atoms with Gasteiger partial charge in [0.2, 0.25) is 0 Å². The van der Waals surface area contributed by atoms with Crippen LogP contribution in [0.5, 0.6) is 0 Å². The maximum atomic E-state index is 10.4. The molecule has 1 rings (SSSR count). The Balaban J connectivity index is 3.52. The minimum absolute atomic E-state index is 0.317. The molecule has 1 aromatic rings. The molecule has 0 amide bonds. The highest BCUT2D eigenvalue weighted by molar-refractivity contribution is 7.71. The highest BCUT2D eigenvalue weighted by atomic mass is 32.1. The molecule has 0 aliphatic rings. The van der Waals surface area contributed by atoms with Gasteiger partial charge in [0.1, 0.15) is 4.64 Å². The van der Waals surface area contributed by atoms with Crippen LogP contribution in [-0.4, -0.2) is 15.2 Å². The van der Waals surface area contributed by atoms with Crippen LogP contribution < -0.4 is 5.56 Å². The van der Waals surface area contributed by atoms with Crippen LogP contribution >= 0.6 is 12.2 Å². The number of hydrogen-bond acceptors (Lipinski definition) is 3. The van der Waals surface area contributed by atoms with Gasteiger partial charge in [-0.2, -0.15) is 0 Å². The van der Waals surface area contributed by atoms with E-state index in [1.807, 2.05) is 0 Å². The van der Waals surface area contributed by atoms with Crippen molar-refractivity contribution in [1.29, 1.82) is 0 Å². The SMILES string of the molecule is O=c1ccc(=S)[nH]n1O. The minimum atomic E-state index is -0.524. The Labute approximate surface area is 55.3 Å². The van der Waals surface area contributed by atoms with Crippen LogP contribution in [-0.2, 0) is 0 Å². The fourth-order valence-electron chi connectivity index (χ4n) is 0.414. The van der Waals surface area contributed by atoms with Crippen molar-refractivity contribution in [3.8, 4) is 0 Å². The first kappa shape index (κ1) is 6.03. The average Bonchev–Trinajstić information content (AvgIpc) is 1.80. The van der Waals surface area contributed by atoms with Crippen molar-refractivity contribution >= 4 is 12.2 Å². The average molecular weight is 144 g/mol. The summed E-state index contributed by atoms with van der Waals surface area (Å²) in [6, 6.07) is 2.59. The smallest absolute Gasteiger partial charge is 0.300 e. The highest BCUT2D eigenvalue weighted by Gasteiger charge is 1.85. The maximum absolute atomic E-state index is 10.4. The van der Waals surface area contributed by atoms with E-state index in [-0.39, 0.29) is 0 Å². The fraction of sp³-hybridized carbons (Fsp3) is 0. The van der Waals surface area contributed by atoms with Gasteiger partial charge in [0.15, 0.2) is 0 Å². The summed E-state index contributed by atoms with van der Waals surface area (Å²) in [5, 5.41) is 10.8. The van der Waals surface area contributed by atoms with Gasteiger partial charge < -0.3 is 5.21 Å². The third-order valence-electron chi connectivity index (χ3n) is 0.802. The number of aromatic nitrogens is 2. The zero-order chi connectivity index (χ0) is 6.85. The Morgan fingerprint density at radius 2 is 2.33 bits per heavy atom. The largest absolute Gasteiger partial charge is 0.410 e. The highest BCUT2D eigenvalue weighted by Crippen LogP contribution is 1.75. The quantitative estimate of drug-likeness (QED) is 0.402. The molecule has 0 aliphatic heterocycles. The second-order valence-corrected chi connectivity index (χ2v) is 1.90. The summed E-state index contributed by atoms with van der Waals surface area (Å²) in [7, 11) is 0. The Morgan fingerprint density at radius 1 is 1.67 bits per heavy atom. The molecule has 9 heavy (non-hydrogen) atoms. The third-order valence-corrected chi connectivity index (χ3v) is 1.03. The zero-order valence-electron chi connectivity index (χ0n) is 4.37. The zero-order valence-corrected chi connectivity index (χ0v) is 5.18. The van der Waals surface area contributed by atoms with E-state index < -0.39 is 5.56 Å². The van der Waals surface area contributed by atoms with Crippen LogP contribution in [0.4, 0.5) is 0 Å². The van der Waals surface area contributed by atoms with Gasteiger partial charge in [0.05, 0.1) is 0 Å². The molecule has 1 heterocycles. The number of nitrogens with zero attached hydrogens (tertiary/aromatic N) is 1. The van der Waals surface area contributed by atoms with E-state index in [4.69, 9.17) is 5.21 Å². The molecule has 1 aromatic heterocycles. The molecule has 4 nitrogen and oxygen atoms in total. The van der Waals surface area contributed by atoms with Gasteiger partial charge in [0, 0.05) is 6.07 Å². The summed E-state index contributed by atoms with van der Waals surface area (Å²) in [6.07, 6.45) is 0. The van der Waals surface area contributed by atoms with Crippen molar-refractivity contribution in [3.05, 3.63) is 27.1 Å². The van der Waals surface area contributed by atoms with Gasteiger partial charge in [0.25, 0.3) is 0 Å². The molecule has 0 aliphatic carbocycles. The molecular weight excluding hydrogens is 140 g/mol. The van der Waals surface area contributed by atoms with Gasteiger partial charge in [-0.05, 0) is 6.07 Å². The van der Waals surface area contributed by atoms with Gasteiger partial charge in [-0.3, -0.25) is 9.89 Å². The lowest BCUT2D eigenvalue weighted by molar-refractivity contribution is 0.133. The molecule has 2 N–H and O–H groups in total. The lowest BCUT2D eigenvalue weighted by Crippen LogP contribution is -2.18. The summed E-state index contributed by atoms with van der Waals surface area (Å²) in [4.78, 5) is 10.7. The Morgan fingerprint density at radius 3 is 2.78 bits per heavy atom. The number of nitrogens with one attached hydrogen (secondary N) is 1. The van der Waals surface area contributed by atoms with E-state index in [1.165, 1.54) is 12.1 Å². The normalized spacial score (nSPS) is 9.33. The predicted molar refractivity (Wildman–Crippen MR) is 33.1 cm³/mol. The van der Waals surface area contributed by atoms with Gasteiger partial charge in [-0.1, -0.05) is 17.1 Å². The first-order valence-corrected chi connectivity index (χ1v) is 2.62. The van der Waals surface area contributed by atoms with Crippen molar-refractivity contribution in [1.82, 2.24) is 9.94 Å². The summed E-state index contributed by atoms with van der Waals surface area (Å²) in [5.74, 6) is 0. The van der Waals surface area contributed by atoms with Gasteiger partial charge >= 0.3 is 5.56 Å². The van der Waals surface area contributed by atoms with Crippen molar-refractivity contribution in [3.63, 3.8) is 0 Å². The molecule has 5 heteroatoms. The molecule has 0 saturated heterocycles. The Bertz CT molecular complexity index is 313. The Hall–Kier alpha value is -1.10. The fourth-order valence-corrected chi connectivity index (χ4v) is 0.569. The standard InChI is InChI=1S/C4H4N2O2S/c7-4-2-1-3(9)5-6(4)8/h1-2,8H,(H,5,9). The second kappa shape index (κ2) is 2.02. The topological polar surface area (TPSA) is 58.0 Å². The van der Waals surface area contributed by atoms with Crippen molar-refractivity contribution < 1.29 is 5.21 Å². The molecule has 48 valence electrons. The van der Waals surface area contributed by atoms with Crippen LogP contribution in [0.15, 0.2) is 16.9 Å². The molecule has 0 radical (unpaired) electrons. The number of rotatable bonds is 0. The summed E-state index contributed by atoms with van der Waals surface area (Å²) < 4.78 is 0.317. The van der Waals surface area contributed by atoms with E-state index in [1.54, 1.807) is 0 Å². The first-order chi connectivity index (χ1) is 4.20. The monoisotopic (exact) mass is 144 g/mol. The molecule has 0 atom stereocenters. The first-order valence-electron chi connectivity index (χ1n) is 2.22. The molecule has 0 saturated carbocycles. The lowest BCUT2D eigenvalue weighted by atomic mass is 10.6. The Kier molecular flexibility index (Phi) is 1.35. The molecule has 0 spiro atoms. The van der Waals surface area contributed by atoms with Crippen molar-refractivity contribution in [2.75, 3.05) is 0 Å². The summed E-state index contributed by atoms with van der Waals surface area (Å²) in [5.41, 5.74) is -0.524. The van der Waals surface area contributed by atoms with E-state index >= 15 is 0 Å². The van der Waals surface area contributed by atoms with E-state index in [9.17, 15) is 4.79 Å². The number of H-pyrrole nitrogens is 1. The van der Waals surface area contributed by atoms with E-state index in [0.717, 1.165) is 0 Å². The van der Waals surface area contributed by atoms with Crippen LogP contribution in [0.25, 0.3) is 0 Å². The number of aromatic amines is 1. The summed E-state index contributed by atoms with van der Waals surface area (Å²) in [6.45, 7) is 0. The van der Waals surface area contributed by atoms with Crippen LogP contribution in [0.2, 0.25) is 0 Å². The molecule has 0 aromatic carbocycles. The predicted octanol–water partition coefficient (Wildman–Crippen LogP) is 0.143. The lowest BCUT2D eigenvalue weighted by Gasteiger charge is -1.90. The van der Waals surface area contributed by atoms with Crippen LogP contribution in [0.3, 0.4) is 0 Å². The van der Waals surface area contributed by atoms with Crippen LogP contribution in [0, 0.1) is 4.64 Å². The van der Waals surface area contributed by atoms with Gasteiger partial charge in [-0.25, -0.2) is 0 Å². The van der Waals surface area contributed by atoms with Gasteiger partial charge in [-0.15, -0.1) is 0 Å². The van der Waals surface area contributed by atoms with Crippen molar-refractivity contribution in [2.24, 2.45) is 0 Å². The molecule has 0 fully saturated rings.